The van der Waals surface area contributed by atoms with E-state index in [1.807, 2.05) is 25.1 Å². The number of ether oxygens (including phenoxy) is 1. The zero-order valence-electron chi connectivity index (χ0n) is 11.6. The van der Waals surface area contributed by atoms with E-state index in [1.54, 1.807) is 0 Å². The molecule has 1 aromatic carbocycles. The number of aryl methyl sites for hydroxylation is 1. The van der Waals surface area contributed by atoms with Crippen molar-refractivity contribution in [1.29, 1.82) is 0 Å². The minimum atomic E-state index is 0.225. The monoisotopic (exact) mass is 288 g/mol. The predicted molar refractivity (Wildman–Crippen MR) is 75.6 cm³/mol. The molecule has 1 aromatic heterocycles. The molecule has 21 heavy (non-hydrogen) atoms. The SMILES string of the molecule is Cc1ccc(-c2noc(COC3CNC3)n2)cc1NC=O. The molecule has 7 heteroatoms. The maximum atomic E-state index is 10.6. The van der Waals surface area contributed by atoms with Gasteiger partial charge >= 0.3 is 0 Å². The third-order valence-electron chi connectivity index (χ3n) is 3.36. The Bertz CT molecular complexity index is 637. The van der Waals surface area contributed by atoms with Crippen molar-refractivity contribution in [3.05, 3.63) is 29.7 Å². The lowest BCUT2D eigenvalue weighted by Gasteiger charge is -2.26. The molecule has 110 valence electrons. The number of benzene rings is 1. The van der Waals surface area contributed by atoms with E-state index in [1.165, 1.54) is 0 Å². The zero-order chi connectivity index (χ0) is 14.7. The summed E-state index contributed by atoms with van der Waals surface area (Å²) in [4.78, 5) is 14.9. The van der Waals surface area contributed by atoms with Gasteiger partial charge in [-0.25, -0.2) is 0 Å². The maximum absolute atomic E-state index is 10.6. The highest BCUT2D eigenvalue weighted by Gasteiger charge is 2.18. The third-order valence-corrected chi connectivity index (χ3v) is 3.36. The Kier molecular flexibility index (Phi) is 3.94. The van der Waals surface area contributed by atoms with E-state index in [0.717, 1.165) is 29.9 Å². The van der Waals surface area contributed by atoms with Gasteiger partial charge in [-0.2, -0.15) is 4.98 Å². The van der Waals surface area contributed by atoms with Gasteiger partial charge in [0.25, 0.3) is 5.89 Å². The van der Waals surface area contributed by atoms with E-state index in [4.69, 9.17) is 9.26 Å². The van der Waals surface area contributed by atoms with Crippen LogP contribution in [-0.4, -0.2) is 35.7 Å². The quantitative estimate of drug-likeness (QED) is 0.774. The number of amides is 1. The van der Waals surface area contributed by atoms with Crippen LogP contribution in [0.25, 0.3) is 11.4 Å². The van der Waals surface area contributed by atoms with Crippen molar-refractivity contribution in [3.63, 3.8) is 0 Å². The number of carbonyl (C=O) groups is 1. The molecule has 0 saturated carbocycles. The summed E-state index contributed by atoms with van der Waals surface area (Å²) in [6.07, 6.45) is 0.872. The van der Waals surface area contributed by atoms with Gasteiger partial charge in [0.2, 0.25) is 12.2 Å². The number of aromatic nitrogens is 2. The first kappa shape index (κ1) is 13.7. The van der Waals surface area contributed by atoms with Gasteiger partial charge in [0.1, 0.15) is 6.61 Å². The highest BCUT2D eigenvalue weighted by molar-refractivity contribution is 5.76. The van der Waals surface area contributed by atoms with Gasteiger partial charge in [-0.3, -0.25) is 4.79 Å². The smallest absolute Gasteiger partial charge is 0.252 e. The number of nitrogens with zero attached hydrogens (tertiary/aromatic N) is 2. The molecular formula is C14H16N4O3. The lowest BCUT2D eigenvalue weighted by molar-refractivity contribution is -0.105. The Morgan fingerprint density at radius 2 is 2.38 bits per heavy atom. The summed E-state index contributed by atoms with van der Waals surface area (Å²) in [7, 11) is 0. The molecule has 0 spiro atoms. The largest absolute Gasteiger partial charge is 0.366 e. The molecule has 1 amide bonds. The lowest BCUT2D eigenvalue weighted by Crippen LogP contribution is -2.48. The summed E-state index contributed by atoms with van der Waals surface area (Å²) in [6, 6.07) is 5.60. The molecule has 3 rings (SSSR count). The van der Waals surface area contributed by atoms with Crippen molar-refractivity contribution in [2.24, 2.45) is 0 Å². The number of hydrogen-bond acceptors (Lipinski definition) is 6. The van der Waals surface area contributed by atoms with Gasteiger partial charge in [0, 0.05) is 24.3 Å². The van der Waals surface area contributed by atoms with Crippen LogP contribution < -0.4 is 10.6 Å². The molecule has 2 N–H and O–H groups in total. The fraction of sp³-hybridized carbons (Fsp3) is 0.357. The highest BCUT2D eigenvalue weighted by Crippen LogP contribution is 2.23. The molecule has 1 aliphatic rings. The van der Waals surface area contributed by atoms with E-state index in [-0.39, 0.29) is 6.10 Å². The fourth-order valence-electron chi connectivity index (χ4n) is 1.98. The first-order valence-corrected chi connectivity index (χ1v) is 6.72. The molecule has 1 saturated heterocycles. The first-order valence-electron chi connectivity index (χ1n) is 6.72. The molecule has 1 aliphatic heterocycles. The van der Waals surface area contributed by atoms with Crippen molar-refractivity contribution in [2.45, 2.75) is 19.6 Å². The summed E-state index contributed by atoms with van der Waals surface area (Å²) >= 11 is 0. The van der Waals surface area contributed by atoms with Crippen LogP contribution in [0.5, 0.6) is 0 Å². The Morgan fingerprint density at radius 3 is 3.10 bits per heavy atom. The van der Waals surface area contributed by atoms with Crippen molar-refractivity contribution >= 4 is 12.1 Å². The molecule has 0 bridgehead atoms. The van der Waals surface area contributed by atoms with Gasteiger partial charge < -0.3 is 19.9 Å². The standard InChI is InChI=1S/C14H16N4O3/c1-9-2-3-10(4-12(9)16-8-19)14-17-13(21-18-14)7-20-11-5-15-6-11/h2-4,8,11,15H,5-7H2,1H3,(H,16,19). The van der Waals surface area contributed by atoms with Crippen LogP contribution in [0.2, 0.25) is 0 Å². The Morgan fingerprint density at radius 1 is 1.52 bits per heavy atom. The molecule has 7 nitrogen and oxygen atoms in total. The van der Waals surface area contributed by atoms with Gasteiger partial charge in [-0.15, -0.1) is 0 Å². The molecule has 2 aromatic rings. The third kappa shape index (κ3) is 3.09. The summed E-state index contributed by atoms with van der Waals surface area (Å²) in [5.41, 5.74) is 2.48. The topological polar surface area (TPSA) is 89.3 Å². The number of carbonyl (C=O) groups excluding carboxylic acids is 1. The molecule has 0 atom stereocenters. The lowest BCUT2D eigenvalue weighted by atomic mass is 10.1. The highest BCUT2D eigenvalue weighted by atomic mass is 16.5. The van der Waals surface area contributed by atoms with Crippen LogP contribution in [0.3, 0.4) is 0 Å². The van der Waals surface area contributed by atoms with E-state index in [0.29, 0.717) is 24.7 Å². The van der Waals surface area contributed by atoms with Crippen molar-refractivity contribution in [1.82, 2.24) is 15.5 Å². The van der Waals surface area contributed by atoms with Crippen LogP contribution in [0.1, 0.15) is 11.5 Å². The predicted octanol–water partition coefficient (Wildman–Crippen LogP) is 1.10. The second-order valence-electron chi connectivity index (χ2n) is 4.89. The minimum Gasteiger partial charge on any atom is -0.366 e. The van der Waals surface area contributed by atoms with Gasteiger partial charge in [-0.05, 0) is 18.6 Å². The van der Waals surface area contributed by atoms with Gasteiger partial charge in [-0.1, -0.05) is 17.3 Å². The number of rotatable bonds is 6. The Labute approximate surface area is 121 Å². The molecular weight excluding hydrogens is 272 g/mol. The molecule has 0 unspecified atom stereocenters. The van der Waals surface area contributed by atoms with Gasteiger partial charge in [0.05, 0.1) is 6.10 Å². The summed E-state index contributed by atoms with van der Waals surface area (Å²) in [6.45, 7) is 3.95. The van der Waals surface area contributed by atoms with Crippen LogP contribution in [-0.2, 0) is 16.1 Å². The zero-order valence-corrected chi connectivity index (χ0v) is 11.6. The summed E-state index contributed by atoms with van der Waals surface area (Å²) in [5.74, 6) is 0.927. The Balaban J connectivity index is 1.72. The fourth-order valence-corrected chi connectivity index (χ4v) is 1.98. The normalized spacial score (nSPS) is 14.7. The number of hydrogen-bond donors (Lipinski definition) is 2. The average Bonchev–Trinajstić information content (AvgIpc) is 2.89. The van der Waals surface area contributed by atoms with Crippen LogP contribution in [0.4, 0.5) is 5.69 Å². The van der Waals surface area contributed by atoms with E-state index in [9.17, 15) is 4.79 Å². The second-order valence-corrected chi connectivity index (χ2v) is 4.89. The molecule has 2 heterocycles. The van der Waals surface area contributed by atoms with E-state index < -0.39 is 0 Å². The van der Waals surface area contributed by atoms with Crippen LogP contribution in [0, 0.1) is 6.92 Å². The molecule has 0 radical (unpaired) electrons. The first-order chi connectivity index (χ1) is 10.3. The molecule has 0 aliphatic carbocycles. The minimum absolute atomic E-state index is 0.225. The summed E-state index contributed by atoms with van der Waals surface area (Å²) < 4.78 is 10.7. The van der Waals surface area contributed by atoms with Crippen molar-refractivity contribution in [3.8, 4) is 11.4 Å². The van der Waals surface area contributed by atoms with Crippen LogP contribution >= 0.6 is 0 Å². The molecule has 1 fully saturated rings. The van der Waals surface area contributed by atoms with E-state index in [2.05, 4.69) is 20.8 Å². The van der Waals surface area contributed by atoms with Crippen LogP contribution in [0.15, 0.2) is 22.7 Å². The van der Waals surface area contributed by atoms with Gasteiger partial charge in [0.15, 0.2) is 0 Å². The van der Waals surface area contributed by atoms with E-state index >= 15 is 0 Å². The number of anilines is 1. The second kappa shape index (κ2) is 6.02. The average molecular weight is 288 g/mol. The Hall–Kier alpha value is -2.25. The maximum Gasteiger partial charge on any atom is 0.252 e. The van der Waals surface area contributed by atoms with Crippen molar-refractivity contribution < 1.29 is 14.1 Å². The summed E-state index contributed by atoms with van der Waals surface area (Å²) in [5, 5.41) is 9.72. The number of nitrogens with one attached hydrogen (secondary N) is 2. The van der Waals surface area contributed by atoms with Crippen molar-refractivity contribution in [2.75, 3.05) is 18.4 Å².